The van der Waals surface area contributed by atoms with Crippen molar-refractivity contribution in [3.63, 3.8) is 0 Å². The molecule has 6 nitrogen and oxygen atoms in total. The first kappa shape index (κ1) is 19.5. The van der Waals surface area contributed by atoms with Crippen molar-refractivity contribution in [1.82, 2.24) is 15.2 Å². The molecule has 1 saturated heterocycles. The maximum Gasteiger partial charge on any atom is 0.317 e. The van der Waals surface area contributed by atoms with E-state index >= 15 is 0 Å². The highest BCUT2D eigenvalue weighted by Gasteiger charge is 2.19. The Kier molecular flexibility index (Phi) is 6.53. The first-order chi connectivity index (χ1) is 13.1. The lowest BCUT2D eigenvalue weighted by molar-refractivity contribution is 0.122. The zero-order valence-corrected chi connectivity index (χ0v) is 16.4. The summed E-state index contributed by atoms with van der Waals surface area (Å²) in [5.74, 6) is 0.912. The third kappa shape index (κ3) is 4.90. The Morgan fingerprint density at radius 2 is 2.00 bits per heavy atom. The van der Waals surface area contributed by atoms with Crippen molar-refractivity contribution < 1.29 is 9.53 Å². The summed E-state index contributed by atoms with van der Waals surface area (Å²) in [5.41, 5.74) is 2.03. The third-order valence-electron chi connectivity index (χ3n) is 4.86. The number of nitrogens with one attached hydrogen (secondary N) is 1. The molecule has 1 N–H and O–H groups in total. The lowest BCUT2D eigenvalue weighted by Crippen LogP contribution is -2.40. The summed E-state index contributed by atoms with van der Waals surface area (Å²) in [6.07, 6.45) is 1.78. The average Bonchev–Trinajstić information content (AvgIpc) is 2.72. The van der Waals surface area contributed by atoms with E-state index in [2.05, 4.69) is 15.2 Å². The molecular formula is C20H25ClN4O2. The molecule has 0 aliphatic carbocycles. The second kappa shape index (κ2) is 9.06. The number of anilines is 1. The molecule has 0 spiro atoms. The molecule has 1 aliphatic rings. The van der Waals surface area contributed by atoms with Gasteiger partial charge in [0.15, 0.2) is 0 Å². The molecule has 27 heavy (non-hydrogen) atoms. The minimum atomic E-state index is -0.130. The van der Waals surface area contributed by atoms with Crippen LogP contribution in [0, 0.1) is 0 Å². The molecule has 1 aromatic carbocycles. The number of pyridine rings is 1. The second-order valence-electron chi connectivity index (χ2n) is 6.58. The summed E-state index contributed by atoms with van der Waals surface area (Å²) in [7, 11) is 1.79. The SMILES string of the molecule is CC(c1ccc(Cl)cc1)N(C)C(=O)NCc1cccnc1N1CCOCC1. The molecule has 0 bridgehead atoms. The van der Waals surface area contributed by atoms with Crippen LogP contribution in [0.1, 0.15) is 24.1 Å². The van der Waals surface area contributed by atoms with Gasteiger partial charge in [-0.3, -0.25) is 0 Å². The number of halogens is 1. The van der Waals surface area contributed by atoms with Crippen LogP contribution >= 0.6 is 11.6 Å². The normalized spacial score (nSPS) is 15.3. The van der Waals surface area contributed by atoms with Gasteiger partial charge in [-0.2, -0.15) is 0 Å². The van der Waals surface area contributed by atoms with Crippen molar-refractivity contribution in [1.29, 1.82) is 0 Å². The predicted octanol–water partition coefficient (Wildman–Crippen LogP) is 3.47. The van der Waals surface area contributed by atoms with Crippen molar-refractivity contribution in [3.8, 4) is 0 Å². The fraction of sp³-hybridized carbons (Fsp3) is 0.400. The van der Waals surface area contributed by atoms with Crippen LogP contribution in [0.2, 0.25) is 5.02 Å². The van der Waals surface area contributed by atoms with Gasteiger partial charge >= 0.3 is 6.03 Å². The van der Waals surface area contributed by atoms with Gasteiger partial charge in [-0.25, -0.2) is 9.78 Å². The van der Waals surface area contributed by atoms with Gasteiger partial charge in [-0.05, 0) is 30.7 Å². The number of hydrogen-bond acceptors (Lipinski definition) is 4. The van der Waals surface area contributed by atoms with Crippen molar-refractivity contribution in [3.05, 3.63) is 58.7 Å². The van der Waals surface area contributed by atoms with Crippen molar-refractivity contribution in [2.75, 3.05) is 38.3 Å². The van der Waals surface area contributed by atoms with E-state index in [-0.39, 0.29) is 12.1 Å². The summed E-state index contributed by atoms with van der Waals surface area (Å²) < 4.78 is 5.41. The monoisotopic (exact) mass is 388 g/mol. The summed E-state index contributed by atoms with van der Waals surface area (Å²) in [6.45, 7) is 5.44. The van der Waals surface area contributed by atoms with E-state index in [4.69, 9.17) is 16.3 Å². The molecule has 144 valence electrons. The molecule has 0 radical (unpaired) electrons. The smallest absolute Gasteiger partial charge is 0.317 e. The molecule has 0 saturated carbocycles. The van der Waals surface area contributed by atoms with Crippen molar-refractivity contribution in [2.45, 2.75) is 19.5 Å². The highest BCUT2D eigenvalue weighted by atomic mass is 35.5. The number of benzene rings is 1. The van der Waals surface area contributed by atoms with E-state index in [9.17, 15) is 4.79 Å². The number of morpholine rings is 1. The van der Waals surface area contributed by atoms with Gasteiger partial charge < -0.3 is 19.9 Å². The van der Waals surface area contributed by atoms with Gasteiger partial charge in [0, 0.05) is 43.5 Å². The van der Waals surface area contributed by atoms with E-state index in [1.807, 2.05) is 43.3 Å². The van der Waals surface area contributed by atoms with Gasteiger partial charge in [0.25, 0.3) is 0 Å². The quantitative estimate of drug-likeness (QED) is 0.852. The number of ether oxygens (including phenoxy) is 1. The van der Waals surface area contributed by atoms with Crippen LogP contribution in [0.3, 0.4) is 0 Å². The Labute approximate surface area is 165 Å². The first-order valence-electron chi connectivity index (χ1n) is 9.09. The molecule has 1 aromatic heterocycles. The van der Waals surface area contributed by atoms with Gasteiger partial charge in [0.1, 0.15) is 5.82 Å². The van der Waals surface area contributed by atoms with Crippen LogP contribution in [0.4, 0.5) is 10.6 Å². The zero-order valence-electron chi connectivity index (χ0n) is 15.7. The van der Waals surface area contributed by atoms with Crippen LogP contribution in [0.5, 0.6) is 0 Å². The van der Waals surface area contributed by atoms with Gasteiger partial charge in [-0.15, -0.1) is 0 Å². The Bertz CT molecular complexity index is 763. The van der Waals surface area contributed by atoms with E-state index in [1.54, 1.807) is 18.1 Å². The minimum absolute atomic E-state index is 0.0603. The lowest BCUT2D eigenvalue weighted by atomic mass is 10.1. The fourth-order valence-corrected chi connectivity index (χ4v) is 3.19. The molecule has 2 amide bonds. The number of carbonyl (C=O) groups is 1. The zero-order chi connectivity index (χ0) is 19.2. The fourth-order valence-electron chi connectivity index (χ4n) is 3.06. The van der Waals surface area contributed by atoms with E-state index in [0.29, 0.717) is 24.8 Å². The predicted molar refractivity (Wildman–Crippen MR) is 107 cm³/mol. The summed E-state index contributed by atoms with van der Waals surface area (Å²) in [6, 6.07) is 11.3. The molecule has 7 heteroatoms. The number of amides is 2. The standard InChI is InChI=1S/C20H25ClN4O2/c1-15(16-5-7-18(21)8-6-16)24(2)20(26)23-14-17-4-3-9-22-19(17)25-10-12-27-13-11-25/h3-9,15H,10-14H2,1-2H3,(H,23,26). The summed E-state index contributed by atoms with van der Waals surface area (Å²) >= 11 is 5.94. The number of nitrogens with zero attached hydrogens (tertiary/aromatic N) is 3. The first-order valence-corrected chi connectivity index (χ1v) is 9.47. The molecule has 1 atom stereocenters. The number of hydrogen-bond donors (Lipinski definition) is 1. The van der Waals surface area contributed by atoms with Crippen molar-refractivity contribution in [2.24, 2.45) is 0 Å². The molecule has 3 rings (SSSR count). The molecule has 1 fully saturated rings. The maximum atomic E-state index is 12.6. The molecule has 1 unspecified atom stereocenters. The van der Waals surface area contributed by atoms with Gasteiger partial charge in [-0.1, -0.05) is 29.8 Å². The number of rotatable bonds is 5. The maximum absolute atomic E-state index is 12.6. The largest absolute Gasteiger partial charge is 0.378 e. The number of urea groups is 1. The van der Waals surface area contributed by atoms with Crippen LogP contribution in [-0.2, 0) is 11.3 Å². The lowest BCUT2D eigenvalue weighted by Gasteiger charge is -2.30. The van der Waals surface area contributed by atoms with E-state index in [0.717, 1.165) is 30.0 Å². The summed E-state index contributed by atoms with van der Waals surface area (Å²) in [5, 5.41) is 3.69. The molecule has 1 aliphatic heterocycles. The third-order valence-corrected chi connectivity index (χ3v) is 5.11. The van der Waals surface area contributed by atoms with Gasteiger partial charge in [0.05, 0.1) is 19.3 Å². The van der Waals surface area contributed by atoms with E-state index < -0.39 is 0 Å². The minimum Gasteiger partial charge on any atom is -0.378 e. The second-order valence-corrected chi connectivity index (χ2v) is 7.02. The van der Waals surface area contributed by atoms with Gasteiger partial charge in [0.2, 0.25) is 0 Å². The summed E-state index contributed by atoms with van der Waals surface area (Å²) in [4.78, 5) is 21.0. The Morgan fingerprint density at radius 3 is 2.70 bits per heavy atom. The number of aromatic nitrogens is 1. The van der Waals surface area contributed by atoms with Crippen LogP contribution in [0.25, 0.3) is 0 Å². The highest BCUT2D eigenvalue weighted by Crippen LogP contribution is 2.22. The Morgan fingerprint density at radius 1 is 1.30 bits per heavy atom. The highest BCUT2D eigenvalue weighted by molar-refractivity contribution is 6.30. The molecular weight excluding hydrogens is 364 g/mol. The Balaban J connectivity index is 1.62. The average molecular weight is 389 g/mol. The van der Waals surface area contributed by atoms with Crippen LogP contribution < -0.4 is 10.2 Å². The molecule has 2 heterocycles. The molecule has 2 aromatic rings. The van der Waals surface area contributed by atoms with E-state index in [1.165, 1.54) is 0 Å². The van der Waals surface area contributed by atoms with Crippen LogP contribution in [0.15, 0.2) is 42.6 Å². The number of carbonyl (C=O) groups excluding carboxylic acids is 1. The van der Waals surface area contributed by atoms with Crippen molar-refractivity contribution >= 4 is 23.4 Å². The van der Waals surface area contributed by atoms with Crippen LogP contribution in [-0.4, -0.2) is 49.3 Å². The topological polar surface area (TPSA) is 57.7 Å². The Hall–Kier alpha value is -2.31.